The van der Waals surface area contributed by atoms with Crippen molar-refractivity contribution in [2.24, 2.45) is 5.73 Å². The van der Waals surface area contributed by atoms with Crippen LogP contribution in [0.3, 0.4) is 0 Å². The second kappa shape index (κ2) is 7.59. The van der Waals surface area contributed by atoms with Gasteiger partial charge in [0.2, 0.25) is 0 Å². The van der Waals surface area contributed by atoms with E-state index >= 15 is 0 Å². The molecule has 6 heteroatoms. The molecule has 0 heterocycles. The molecule has 20 heavy (non-hydrogen) atoms. The standard InChI is InChI=1S/C14H20BrFN2O2/c1-3-14(4-2,9-17)18-13(19)8-20-12-6-5-10(15)7-11(12)16/h5-7H,3-4,8-9,17H2,1-2H3,(H,18,19). The number of hydrogen-bond acceptors (Lipinski definition) is 3. The Morgan fingerprint density at radius 3 is 2.60 bits per heavy atom. The SMILES string of the molecule is CCC(CC)(CN)NC(=O)COc1ccc(Br)cc1F. The molecule has 3 N–H and O–H groups in total. The second-order valence-corrected chi connectivity index (χ2v) is 5.52. The van der Waals surface area contributed by atoms with Gasteiger partial charge < -0.3 is 15.8 Å². The molecule has 4 nitrogen and oxygen atoms in total. The van der Waals surface area contributed by atoms with Crippen LogP contribution in [0.25, 0.3) is 0 Å². The van der Waals surface area contributed by atoms with E-state index < -0.39 is 11.4 Å². The summed E-state index contributed by atoms with van der Waals surface area (Å²) in [5.41, 5.74) is 5.29. The van der Waals surface area contributed by atoms with Crippen LogP contribution in [0, 0.1) is 5.82 Å². The maximum absolute atomic E-state index is 13.5. The Hall–Kier alpha value is -1.14. The normalized spacial score (nSPS) is 11.2. The Morgan fingerprint density at radius 2 is 2.10 bits per heavy atom. The molecule has 0 saturated carbocycles. The van der Waals surface area contributed by atoms with E-state index in [0.29, 0.717) is 11.0 Å². The number of carbonyl (C=O) groups is 1. The van der Waals surface area contributed by atoms with E-state index in [4.69, 9.17) is 10.5 Å². The van der Waals surface area contributed by atoms with Gasteiger partial charge in [-0.3, -0.25) is 4.79 Å². The summed E-state index contributed by atoms with van der Waals surface area (Å²) in [7, 11) is 0. The minimum Gasteiger partial charge on any atom is -0.481 e. The zero-order valence-corrected chi connectivity index (χ0v) is 13.3. The van der Waals surface area contributed by atoms with E-state index in [0.717, 1.165) is 12.8 Å². The molecule has 0 fully saturated rings. The van der Waals surface area contributed by atoms with Crippen molar-refractivity contribution in [1.29, 1.82) is 0 Å². The first-order valence-electron chi connectivity index (χ1n) is 6.55. The number of carbonyl (C=O) groups excluding carboxylic acids is 1. The third kappa shape index (κ3) is 4.45. The fourth-order valence-electron chi connectivity index (χ4n) is 1.83. The number of amides is 1. The summed E-state index contributed by atoms with van der Waals surface area (Å²) >= 11 is 3.16. The molecule has 0 spiro atoms. The van der Waals surface area contributed by atoms with Gasteiger partial charge in [-0.1, -0.05) is 29.8 Å². The lowest BCUT2D eigenvalue weighted by Gasteiger charge is -2.31. The predicted molar refractivity (Wildman–Crippen MR) is 80.1 cm³/mol. The van der Waals surface area contributed by atoms with E-state index in [-0.39, 0.29) is 18.3 Å². The van der Waals surface area contributed by atoms with E-state index in [9.17, 15) is 9.18 Å². The van der Waals surface area contributed by atoms with Crippen LogP contribution in [0.2, 0.25) is 0 Å². The third-order valence-electron chi connectivity index (χ3n) is 3.40. The van der Waals surface area contributed by atoms with Gasteiger partial charge in [-0.2, -0.15) is 0 Å². The van der Waals surface area contributed by atoms with Crippen LogP contribution >= 0.6 is 15.9 Å². The van der Waals surface area contributed by atoms with E-state index in [1.807, 2.05) is 13.8 Å². The summed E-state index contributed by atoms with van der Waals surface area (Å²) in [5, 5.41) is 2.86. The van der Waals surface area contributed by atoms with Crippen LogP contribution in [0.1, 0.15) is 26.7 Å². The van der Waals surface area contributed by atoms with Gasteiger partial charge in [-0.25, -0.2) is 4.39 Å². The highest BCUT2D eigenvalue weighted by molar-refractivity contribution is 9.10. The van der Waals surface area contributed by atoms with Crippen molar-refractivity contribution < 1.29 is 13.9 Å². The van der Waals surface area contributed by atoms with Gasteiger partial charge in [0.1, 0.15) is 0 Å². The zero-order valence-electron chi connectivity index (χ0n) is 11.7. The van der Waals surface area contributed by atoms with Crippen LogP contribution in [0.15, 0.2) is 22.7 Å². The van der Waals surface area contributed by atoms with Gasteiger partial charge in [-0.15, -0.1) is 0 Å². The average Bonchev–Trinajstić information content (AvgIpc) is 2.44. The van der Waals surface area contributed by atoms with Gasteiger partial charge in [0, 0.05) is 11.0 Å². The van der Waals surface area contributed by atoms with Crippen molar-refractivity contribution in [2.75, 3.05) is 13.2 Å². The summed E-state index contributed by atoms with van der Waals surface area (Å²) < 4.78 is 19.3. The zero-order chi connectivity index (χ0) is 15.2. The molecule has 0 atom stereocenters. The summed E-state index contributed by atoms with van der Waals surface area (Å²) in [4.78, 5) is 11.9. The van der Waals surface area contributed by atoms with Gasteiger partial charge in [-0.05, 0) is 31.0 Å². The molecule has 0 aromatic heterocycles. The Bertz CT molecular complexity index is 456. The highest BCUT2D eigenvalue weighted by atomic mass is 79.9. The molecular formula is C14H20BrFN2O2. The summed E-state index contributed by atoms with van der Waals surface area (Å²) in [6.07, 6.45) is 1.47. The van der Waals surface area contributed by atoms with Crippen molar-refractivity contribution >= 4 is 21.8 Å². The Labute approximate surface area is 127 Å². The maximum atomic E-state index is 13.5. The van der Waals surface area contributed by atoms with E-state index in [1.54, 1.807) is 6.07 Å². The predicted octanol–water partition coefficient (Wildman–Crippen LogP) is 2.60. The first-order valence-corrected chi connectivity index (χ1v) is 7.34. The molecule has 1 rings (SSSR count). The van der Waals surface area contributed by atoms with Gasteiger partial charge in [0.25, 0.3) is 5.91 Å². The highest BCUT2D eigenvalue weighted by Crippen LogP contribution is 2.21. The largest absolute Gasteiger partial charge is 0.481 e. The molecule has 1 aromatic carbocycles. The van der Waals surface area contributed by atoms with Crippen molar-refractivity contribution in [1.82, 2.24) is 5.32 Å². The number of halogens is 2. The van der Waals surface area contributed by atoms with Crippen LogP contribution in [0.4, 0.5) is 4.39 Å². The Balaban J connectivity index is 2.59. The number of benzene rings is 1. The highest BCUT2D eigenvalue weighted by Gasteiger charge is 2.26. The van der Waals surface area contributed by atoms with E-state index in [1.165, 1.54) is 12.1 Å². The molecule has 1 aromatic rings. The molecule has 0 bridgehead atoms. The molecule has 0 aliphatic heterocycles. The lowest BCUT2D eigenvalue weighted by Crippen LogP contribution is -2.54. The molecule has 112 valence electrons. The number of rotatable bonds is 7. The molecule has 1 amide bonds. The van der Waals surface area contributed by atoms with Crippen LogP contribution < -0.4 is 15.8 Å². The van der Waals surface area contributed by atoms with E-state index in [2.05, 4.69) is 21.2 Å². The minimum absolute atomic E-state index is 0.0506. The number of nitrogens with one attached hydrogen (secondary N) is 1. The monoisotopic (exact) mass is 346 g/mol. The Kier molecular flexibility index (Phi) is 6.42. The lowest BCUT2D eigenvalue weighted by molar-refractivity contribution is -0.125. The van der Waals surface area contributed by atoms with Gasteiger partial charge in [0.05, 0.1) is 5.54 Å². The molecule has 0 radical (unpaired) electrons. The van der Waals surface area contributed by atoms with Crippen molar-refractivity contribution in [3.63, 3.8) is 0 Å². The second-order valence-electron chi connectivity index (χ2n) is 4.60. The van der Waals surface area contributed by atoms with Crippen molar-refractivity contribution in [3.8, 4) is 5.75 Å². The smallest absolute Gasteiger partial charge is 0.258 e. The summed E-state index contributed by atoms with van der Waals surface area (Å²) in [5.74, 6) is -0.764. The van der Waals surface area contributed by atoms with Crippen molar-refractivity contribution in [3.05, 3.63) is 28.5 Å². The van der Waals surface area contributed by atoms with Crippen molar-refractivity contribution in [2.45, 2.75) is 32.2 Å². The van der Waals surface area contributed by atoms with Crippen LogP contribution in [-0.4, -0.2) is 24.6 Å². The van der Waals surface area contributed by atoms with Gasteiger partial charge in [0.15, 0.2) is 18.2 Å². The van der Waals surface area contributed by atoms with Gasteiger partial charge >= 0.3 is 0 Å². The molecule has 0 aliphatic carbocycles. The Morgan fingerprint density at radius 1 is 1.45 bits per heavy atom. The summed E-state index contributed by atoms with van der Waals surface area (Å²) in [6, 6.07) is 4.41. The third-order valence-corrected chi connectivity index (χ3v) is 3.89. The fourth-order valence-corrected chi connectivity index (χ4v) is 2.17. The number of hydrogen-bond donors (Lipinski definition) is 2. The first kappa shape index (κ1) is 16.9. The number of ether oxygens (including phenoxy) is 1. The van der Waals surface area contributed by atoms with Crippen LogP contribution in [-0.2, 0) is 4.79 Å². The molecule has 0 unspecified atom stereocenters. The quantitative estimate of drug-likeness (QED) is 0.797. The average molecular weight is 347 g/mol. The number of nitrogens with two attached hydrogens (primary N) is 1. The maximum Gasteiger partial charge on any atom is 0.258 e. The summed E-state index contributed by atoms with van der Waals surface area (Å²) in [6.45, 7) is 4.05. The molecule has 0 aliphatic rings. The fraction of sp³-hybridized carbons (Fsp3) is 0.500. The molecule has 0 saturated heterocycles. The first-order chi connectivity index (χ1) is 9.46. The minimum atomic E-state index is -0.511. The van der Waals surface area contributed by atoms with Crippen LogP contribution in [0.5, 0.6) is 5.75 Å². The molecular weight excluding hydrogens is 327 g/mol. The topological polar surface area (TPSA) is 64.3 Å². The lowest BCUT2D eigenvalue weighted by atomic mass is 9.93.